The molecule has 1 atom stereocenters. The fraction of sp³-hybridized carbons (Fsp3) is 0.667. The third-order valence-corrected chi connectivity index (χ3v) is 4.05. The normalized spacial score (nSPS) is 12.8. The summed E-state index contributed by atoms with van der Waals surface area (Å²) in [5.41, 5.74) is 3.86. The van der Waals surface area contributed by atoms with Gasteiger partial charge in [0.25, 0.3) is 0 Å². The number of nitrogens with zero attached hydrogens (tertiary/aromatic N) is 5. The van der Waals surface area contributed by atoms with Gasteiger partial charge in [-0.05, 0) is 26.3 Å². The Bertz CT molecular complexity index is 579. The Labute approximate surface area is 126 Å². The number of nitrogens with one attached hydrogen (secondary N) is 1. The molecule has 0 saturated heterocycles. The van der Waals surface area contributed by atoms with Crippen LogP contribution in [0, 0.1) is 0 Å². The van der Waals surface area contributed by atoms with Crippen molar-refractivity contribution >= 4 is 0 Å². The van der Waals surface area contributed by atoms with E-state index in [-0.39, 0.29) is 0 Å². The Hall–Kier alpha value is -1.69. The second kappa shape index (κ2) is 6.85. The van der Waals surface area contributed by atoms with Gasteiger partial charge in [0.2, 0.25) is 0 Å². The van der Waals surface area contributed by atoms with Crippen molar-refractivity contribution in [2.75, 3.05) is 7.05 Å². The Kier molecular flexibility index (Phi) is 5.12. The minimum Gasteiger partial charge on any atom is -0.313 e. The molecule has 0 aromatic carbocycles. The van der Waals surface area contributed by atoms with Crippen LogP contribution in [0.3, 0.4) is 0 Å². The van der Waals surface area contributed by atoms with Gasteiger partial charge in [0, 0.05) is 24.3 Å². The van der Waals surface area contributed by atoms with Crippen LogP contribution in [0.5, 0.6) is 0 Å². The molecule has 0 aliphatic carbocycles. The van der Waals surface area contributed by atoms with Crippen LogP contribution in [0.4, 0.5) is 0 Å². The predicted octanol–water partition coefficient (Wildman–Crippen LogP) is 1.86. The standard InChI is InChI=1S/C15H26N6/c1-6-11(16-4)15-12(7-2)19-21(13(15)8-3)9-14-17-10-18-20(14)5/h10-11,16H,6-9H2,1-5H3. The van der Waals surface area contributed by atoms with Gasteiger partial charge in [0.15, 0.2) is 0 Å². The molecule has 21 heavy (non-hydrogen) atoms. The summed E-state index contributed by atoms with van der Waals surface area (Å²) in [5.74, 6) is 0.930. The van der Waals surface area contributed by atoms with Gasteiger partial charge in [-0.1, -0.05) is 20.8 Å². The van der Waals surface area contributed by atoms with E-state index in [1.807, 2.05) is 18.8 Å². The van der Waals surface area contributed by atoms with Crippen molar-refractivity contribution in [3.63, 3.8) is 0 Å². The molecule has 116 valence electrons. The first-order valence-electron chi connectivity index (χ1n) is 7.74. The lowest BCUT2D eigenvalue weighted by atomic mass is 9.99. The van der Waals surface area contributed by atoms with E-state index in [2.05, 4.69) is 40.9 Å². The molecular weight excluding hydrogens is 264 g/mol. The average Bonchev–Trinajstić information content (AvgIpc) is 3.05. The van der Waals surface area contributed by atoms with Gasteiger partial charge in [-0.15, -0.1) is 0 Å². The summed E-state index contributed by atoms with van der Waals surface area (Å²) in [6.07, 6.45) is 4.57. The van der Waals surface area contributed by atoms with Crippen molar-refractivity contribution in [3.8, 4) is 0 Å². The molecule has 6 heteroatoms. The minimum absolute atomic E-state index is 0.364. The van der Waals surface area contributed by atoms with E-state index >= 15 is 0 Å². The maximum absolute atomic E-state index is 4.83. The summed E-state index contributed by atoms with van der Waals surface area (Å²) in [7, 11) is 3.94. The average molecular weight is 290 g/mol. The van der Waals surface area contributed by atoms with Gasteiger partial charge in [-0.2, -0.15) is 10.2 Å². The second-order valence-electron chi connectivity index (χ2n) is 5.22. The number of hydrogen-bond acceptors (Lipinski definition) is 4. The van der Waals surface area contributed by atoms with Crippen molar-refractivity contribution in [2.45, 2.75) is 52.6 Å². The van der Waals surface area contributed by atoms with Gasteiger partial charge in [-0.25, -0.2) is 4.98 Å². The van der Waals surface area contributed by atoms with E-state index < -0.39 is 0 Å². The van der Waals surface area contributed by atoms with E-state index in [1.54, 1.807) is 6.33 Å². The molecule has 0 radical (unpaired) electrons. The molecule has 1 N–H and O–H groups in total. The van der Waals surface area contributed by atoms with Crippen molar-refractivity contribution in [1.29, 1.82) is 0 Å². The summed E-state index contributed by atoms with van der Waals surface area (Å²) < 4.78 is 3.90. The minimum atomic E-state index is 0.364. The molecule has 0 saturated carbocycles. The number of aromatic nitrogens is 5. The van der Waals surface area contributed by atoms with E-state index in [0.717, 1.165) is 25.1 Å². The first kappa shape index (κ1) is 15.7. The first-order chi connectivity index (χ1) is 10.2. The van der Waals surface area contributed by atoms with Crippen LogP contribution in [0.1, 0.15) is 56.0 Å². The van der Waals surface area contributed by atoms with Gasteiger partial charge < -0.3 is 5.32 Å². The highest BCUT2D eigenvalue weighted by atomic mass is 15.4. The van der Waals surface area contributed by atoms with Crippen LogP contribution in [0.15, 0.2) is 6.33 Å². The molecular formula is C15H26N6. The van der Waals surface area contributed by atoms with Crippen LogP contribution < -0.4 is 5.32 Å². The quantitative estimate of drug-likeness (QED) is 0.845. The molecule has 2 aromatic heterocycles. The van der Waals surface area contributed by atoms with Crippen molar-refractivity contribution < 1.29 is 0 Å². The summed E-state index contributed by atoms with van der Waals surface area (Å²) >= 11 is 0. The van der Waals surface area contributed by atoms with Crippen molar-refractivity contribution in [2.24, 2.45) is 7.05 Å². The second-order valence-corrected chi connectivity index (χ2v) is 5.22. The van der Waals surface area contributed by atoms with E-state index in [9.17, 15) is 0 Å². The molecule has 0 aliphatic rings. The molecule has 2 aromatic rings. The maximum Gasteiger partial charge on any atom is 0.148 e. The van der Waals surface area contributed by atoms with Crippen LogP contribution >= 0.6 is 0 Å². The third-order valence-electron chi connectivity index (χ3n) is 4.05. The molecule has 2 rings (SSSR count). The van der Waals surface area contributed by atoms with Gasteiger partial charge in [0.1, 0.15) is 18.7 Å². The lowest BCUT2D eigenvalue weighted by molar-refractivity contribution is 0.557. The van der Waals surface area contributed by atoms with Crippen molar-refractivity contribution in [1.82, 2.24) is 29.9 Å². The van der Waals surface area contributed by atoms with Gasteiger partial charge >= 0.3 is 0 Å². The van der Waals surface area contributed by atoms with Crippen molar-refractivity contribution in [3.05, 3.63) is 29.1 Å². The molecule has 0 fully saturated rings. The smallest absolute Gasteiger partial charge is 0.148 e. The Morgan fingerprint density at radius 2 is 2.00 bits per heavy atom. The van der Waals surface area contributed by atoms with E-state index in [4.69, 9.17) is 5.10 Å². The zero-order valence-electron chi connectivity index (χ0n) is 13.7. The van der Waals surface area contributed by atoms with Crippen LogP contribution in [-0.4, -0.2) is 31.6 Å². The van der Waals surface area contributed by atoms with Crippen LogP contribution in [0.25, 0.3) is 0 Å². The third kappa shape index (κ3) is 3.00. The molecule has 1 unspecified atom stereocenters. The molecule has 0 amide bonds. The predicted molar refractivity (Wildman–Crippen MR) is 83.2 cm³/mol. The maximum atomic E-state index is 4.83. The highest BCUT2D eigenvalue weighted by Gasteiger charge is 2.22. The Morgan fingerprint density at radius 3 is 2.48 bits per heavy atom. The zero-order valence-corrected chi connectivity index (χ0v) is 13.7. The fourth-order valence-corrected chi connectivity index (χ4v) is 2.88. The lowest BCUT2D eigenvalue weighted by Gasteiger charge is -2.16. The molecule has 6 nitrogen and oxygen atoms in total. The monoisotopic (exact) mass is 290 g/mol. The van der Waals surface area contributed by atoms with E-state index in [0.29, 0.717) is 12.6 Å². The van der Waals surface area contributed by atoms with Gasteiger partial charge in [0.05, 0.1) is 5.69 Å². The molecule has 0 aliphatic heterocycles. The summed E-state index contributed by atoms with van der Waals surface area (Å²) in [6.45, 7) is 7.24. The SMILES string of the molecule is CCc1nn(Cc2ncnn2C)c(CC)c1C(CC)NC. The summed E-state index contributed by atoms with van der Waals surface area (Å²) in [5, 5.41) is 12.4. The molecule has 0 spiro atoms. The largest absolute Gasteiger partial charge is 0.313 e. The van der Waals surface area contributed by atoms with Gasteiger partial charge in [-0.3, -0.25) is 9.36 Å². The summed E-state index contributed by atoms with van der Waals surface area (Å²) in [4.78, 5) is 4.31. The molecule has 0 bridgehead atoms. The Balaban J connectivity index is 2.44. The number of rotatable bonds is 7. The van der Waals surface area contributed by atoms with Crippen LogP contribution in [0.2, 0.25) is 0 Å². The first-order valence-corrected chi connectivity index (χ1v) is 7.74. The zero-order chi connectivity index (χ0) is 15.4. The number of hydrogen-bond donors (Lipinski definition) is 1. The number of aryl methyl sites for hydroxylation is 2. The topological polar surface area (TPSA) is 60.6 Å². The molecule has 2 heterocycles. The highest BCUT2D eigenvalue weighted by molar-refractivity contribution is 5.30. The van der Waals surface area contributed by atoms with Crippen LogP contribution in [-0.2, 0) is 26.4 Å². The highest BCUT2D eigenvalue weighted by Crippen LogP contribution is 2.26. The lowest BCUT2D eigenvalue weighted by Crippen LogP contribution is -2.18. The fourth-order valence-electron chi connectivity index (χ4n) is 2.88. The Morgan fingerprint density at radius 1 is 1.24 bits per heavy atom. The van der Waals surface area contributed by atoms with E-state index in [1.165, 1.54) is 17.0 Å². The summed E-state index contributed by atoms with van der Waals surface area (Å²) in [6, 6.07) is 0.364.